The lowest BCUT2D eigenvalue weighted by Crippen LogP contribution is -2.35. The normalized spacial score (nSPS) is 12.0. The smallest absolute Gasteiger partial charge is 0.221 e. The Kier molecular flexibility index (Phi) is 8.13. The number of likely N-dealkylation sites (N-methyl/N-ethyl adjacent to an activating group) is 1. The quantitative estimate of drug-likeness (QED) is 0.451. The summed E-state index contributed by atoms with van der Waals surface area (Å²) in [6, 6.07) is 13.9. The van der Waals surface area contributed by atoms with Crippen LogP contribution in [0.15, 0.2) is 48.5 Å². The van der Waals surface area contributed by atoms with Gasteiger partial charge in [-0.15, -0.1) is 0 Å². The highest BCUT2D eigenvalue weighted by Gasteiger charge is 2.17. The molecule has 1 aromatic heterocycles. The summed E-state index contributed by atoms with van der Waals surface area (Å²) in [6.45, 7) is 3.29. The molecule has 0 aliphatic carbocycles. The molecule has 0 radical (unpaired) electrons. The van der Waals surface area contributed by atoms with Crippen LogP contribution in [0.2, 0.25) is 0 Å². The molecular weight excluding hydrogens is 429 g/mol. The molecule has 7 nitrogen and oxygen atoms in total. The molecule has 2 aromatic carbocycles. The molecule has 1 heterocycles. The van der Waals surface area contributed by atoms with E-state index in [1.54, 1.807) is 10.6 Å². The first-order valence-electron chi connectivity index (χ1n) is 10.5. The third-order valence-electron chi connectivity index (χ3n) is 5.09. The van der Waals surface area contributed by atoms with E-state index in [0.29, 0.717) is 30.3 Å². The number of carbonyl (C=O) groups excluding carboxylic acids is 1. The Hall–Kier alpha value is -3.04. The van der Waals surface area contributed by atoms with E-state index in [4.69, 9.17) is 17.0 Å². The highest BCUT2D eigenvalue weighted by atomic mass is 32.1. The predicted octanol–water partition coefficient (Wildman–Crippen LogP) is 3.95. The topological polar surface area (TPSA) is 75.2 Å². The van der Waals surface area contributed by atoms with Gasteiger partial charge < -0.3 is 15.0 Å². The molecule has 1 atom stereocenters. The number of nitrogens with zero attached hydrogens (tertiary/aromatic N) is 3. The zero-order valence-corrected chi connectivity index (χ0v) is 19.3. The van der Waals surface area contributed by atoms with Crippen LogP contribution < -0.4 is 10.1 Å². The molecule has 2 N–H and O–H groups in total. The van der Waals surface area contributed by atoms with Crippen LogP contribution in [-0.4, -0.2) is 52.8 Å². The van der Waals surface area contributed by atoms with Gasteiger partial charge in [-0.1, -0.05) is 12.1 Å². The molecule has 0 spiro atoms. The van der Waals surface area contributed by atoms with Crippen molar-refractivity contribution in [3.63, 3.8) is 0 Å². The van der Waals surface area contributed by atoms with E-state index in [0.717, 1.165) is 16.9 Å². The summed E-state index contributed by atoms with van der Waals surface area (Å²) in [6.07, 6.45) is 0.237. The number of nitrogens with one attached hydrogen (secondary N) is 2. The summed E-state index contributed by atoms with van der Waals surface area (Å²) >= 11 is 5.36. The molecular formula is C23H28FN5O2S. The number of amides is 1. The Morgan fingerprint density at radius 3 is 2.69 bits per heavy atom. The second kappa shape index (κ2) is 11.0. The van der Waals surface area contributed by atoms with Gasteiger partial charge >= 0.3 is 0 Å². The van der Waals surface area contributed by atoms with Gasteiger partial charge in [0.15, 0.2) is 10.6 Å². The van der Waals surface area contributed by atoms with Gasteiger partial charge in [0.05, 0.1) is 12.6 Å². The number of halogens is 1. The number of hydrogen-bond donors (Lipinski definition) is 2. The lowest BCUT2D eigenvalue weighted by Gasteiger charge is -2.25. The van der Waals surface area contributed by atoms with E-state index < -0.39 is 0 Å². The Morgan fingerprint density at radius 1 is 1.28 bits per heavy atom. The molecule has 0 saturated carbocycles. The Labute approximate surface area is 192 Å². The summed E-state index contributed by atoms with van der Waals surface area (Å²) in [7, 11) is 3.80. The van der Waals surface area contributed by atoms with Crippen molar-refractivity contribution < 1.29 is 13.9 Å². The van der Waals surface area contributed by atoms with Gasteiger partial charge in [0.2, 0.25) is 5.91 Å². The summed E-state index contributed by atoms with van der Waals surface area (Å²) in [5.41, 5.74) is 1.69. The number of aromatic amines is 1. The fraction of sp³-hybridized carbons (Fsp3) is 0.348. The number of benzene rings is 2. The predicted molar refractivity (Wildman–Crippen MR) is 124 cm³/mol. The fourth-order valence-electron chi connectivity index (χ4n) is 3.44. The van der Waals surface area contributed by atoms with Crippen LogP contribution in [0.5, 0.6) is 5.75 Å². The molecule has 170 valence electrons. The number of H-pyrrole nitrogens is 1. The zero-order valence-electron chi connectivity index (χ0n) is 18.5. The average molecular weight is 458 g/mol. The Bertz CT molecular complexity index is 1090. The van der Waals surface area contributed by atoms with Gasteiger partial charge in [0.1, 0.15) is 11.6 Å². The average Bonchev–Trinajstić information content (AvgIpc) is 3.13. The Balaban J connectivity index is 1.62. The van der Waals surface area contributed by atoms with Crippen molar-refractivity contribution in [1.29, 1.82) is 0 Å². The molecule has 0 fully saturated rings. The number of ether oxygens (including phenoxy) is 1. The third kappa shape index (κ3) is 6.02. The molecule has 0 bridgehead atoms. The minimum atomic E-state index is -0.295. The lowest BCUT2D eigenvalue weighted by molar-refractivity contribution is -0.121. The van der Waals surface area contributed by atoms with Crippen molar-refractivity contribution in [2.75, 3.05) is 27.2 Å². The molecule has 3 aromatic rings. The van der Waals surface area contributed by atoms with E-state index in [-0.39, 0.29) is 24.2 Å². The van der Waals surface area contributed by atoms with E-state index in [2.05, 4.69) is 15.5 Å². The molecule has 9 heteroatoms. The first-order valence-corrected chi connectivity index (χ1v) is 10.9. The standard InChI is InChI=1S/C23H28FN5O2S/c1-4-31-19-10-8-16(9-11-19)22-26-27-23(32)29(22)13-12-21(30)25-15-20(28(2)3)17-6-5-7-18(24)14-17/h5-11,14,20H,4,12-13,15H2,1-3H3,(H,25,30)(H,27,32). The van der Waals surface area contributed by atoms with Gasteiger partial charge in [-0.2, -0.15) is 5.10 Å². The van der Waals surface area contributed by atoms with Crippen LogP contribution >= 0.6 is 12.2 Å². The monoisotopic (exact) mass is 457 g/mol. The summed E-state index contributed by atoms with van der Waals surface area (Å²) in [5.74, 6) is 1.03. The van der Waals surface area contributed by atoms with Gasteiger partial charge in [-0.05, 0) is 75.2 Å². The van der Waals surface area contributed by atoms with E-state index in [1.807, 2.05) is 56.3 Å². The van der Waals surface area contributed by atoms with Crippen molar-refractivity contribution in [1.82, 2.24) is 25.0 Å². The van der Waals surface area contributed by atoms with E-state index in [1.165, 1.54) is 12.1 Å². The molecule has 1 unspecified atom stereocenters. The minimum Gasteiger partial charge on any atom is -0.494 e. The van der Waals surface area contributed by atoms with Crippen LogP contribution in [0.1, 0.15) is 24.9 Å². The highest BCUT2D eigenvalue weighted by Crippen LogP contribution is 2.22. The van der Waals surface area contributed by atoms with Gasteiger partial charge in [0.25, 0.3) is 0 Å². The number of aromatic nitrogens is 3. The summed E-state index contributed by atoms with van der Waals surface area (Å²) in [4.78, 5) is 14.5. The number of rotatable bonds is 10. The largest absolute Gasteiger partial charge is 0.494 e. The van der Waals surface area contributed by atoms with Crippen LogP contribution in [-0.2, 0) is 11.3 Å². The summed E-state index contributed by atoms with van der Waals surface area (Å²) in [5, 5.41) is 10.1. The first kappa shape index (κ1) is 23.6. The molecule has 1 amide bonds. The second-order valence-electron chi connectivity index (χ2n) is 7.55. The second-order valence-corrected chi connectivity index (χ2v) is 7.94. The molecule has 0 aliphatic heterocycles. The van der Waals surface area contributed by atoms with Crippen LogP contribution in [0, 0.1) is 10.6 Å². The number of hydrogen-bond acceptors (Lipinski definition) is 5. The van der Waals surface area contributed by atoms with Crippen LogP contribution in [0.25, 0.3) is 11.4 Å². The van der Waals surface area contributed by atoms with E-state index in [9.17, 15) is 9.18 Å². The van der Waals surface area contributed by atoms with Crippen LogP contribution in [0.3, 0.4) is 0 Å². The third-order valence-corrected chi connectivity index (χ3v) is 5.41. The summed E-state index contributed by atoms with van der Waals surface area (Å²) < 4.78 is 21.3. The van der Waals surface area contributed by atoms with E-state index >= 15 is 0 Å². The zero-order chi connectivity index (χ0) is 23.1. The van der Waals surface area contributed by atoms with Gasteiger partial charge in [0, 0.05) is 25.1 Å². The lowest BCUT2D eigenvalue weighted by atomic mass is 10.1. The van der Waals surface area contributed by atoms with Crippen LogP contribution in [0.4, 0.5) is 4.39 Å². The molecule has 32 heavy (non-hydrogen) atoms. The fourth-order valence-corrected chi connectivity index (χ4v) is 3.66. The van der Waals surface area contributed by atoms with Gasteiger partial charge in [-0.25, -0.2) is 4.39 Å². The highest BCUT2D eigenvalue weighted by molar-refractivity contribution is 7.71. The van der Waals surface area contributed by atoms with Crippen molar-refractivity contribution in [3.05, 3.63) is 64.7 Å². The molecule has 0 saturated heterocycles. The van der Waals surface area contributed by atoms with Crippen molar-refractivity contribution in [3.8, 4) is 17.1 Å². The Morgan fingerprint density at radius 2 is 2.03 bits per heavy atom. The molecule has 0 aliphatic rings. The maximum absolute atomic E-state index is 13.6. The number of carbonyl (C=O) groups is 1. The van der Waals surface area contributed by atoms with Gasteiger partial charge in [-0.3, -0.25) is 14.5 Å². The SMILES string of the molecule is CCOc1ccc(-c2n[nH]c(=S)n2CCC(=O)NCC(c2cccc(F)c2)N(C)C)cc1. The first-order chi connectivity index (χ1) is 15.4. The minimum absolute atomic E-state index is 0.117. The van der Waals surface area contributed by atoms with Crippen molar-refractivity contribution in [2.45, 2.75) is 25.9 Å². The van der Waals surface area contributed by atoms with Crippen molar-refractivity contribution >= 4 is 18.1 Å². The maximum Gasteiger partial charge on any atom is 0.221 e. The molecule has 3 rings (SSSR count). The van der Waals surface area contributed by atoms with Crippen molar-refractivity contribution in [2.24, 2.45) is 0 Å². The maximum atomic E-state index is 13.6.